The van der Waals surface area contributed by atoms with Crippen LogP contribution in [0.4, 0.5) is 0 Å². The summed E-state index contributed by atoms with van der Waals surface area (Å²) >= 11 is 9.34. The van der Waals surface area contributed by atoms with Crippen molar-refractivity contribution in [1.82, 2.24) is 0 Å². The number of hydrogen-bond acceptors (Lipinski definition) is 2. The lowest BCUT2D eigenvalue weighted by Crippen LogP contribution is -2.31. The van der Waals surface area contributed by atoms with Crippen LogP contribution in [0.25, 0.3) is 0 Å². The Balaban J connectivity index is 3.05. The highest BCUT2D eigenvalue weighted by atomic mass is 79.9. The highest BCUT2D eigenvalue weighted by molar-refractivity contribution is 9.10. The van der Waals surface area contributed by atoms with E-state index in [1.807, 2.05) is 25.1 Å². The molecule has 2 unspecified atom stereocenters. The smallest absolute Gasteiger partial charge is 0.0461 e. The average Bonchev–Trinajstić information content (AvgIpc) is 2.08. The molecule has 72 valence electrons. The van der Waals surface area contributed by atoms with E-state index in [1.54, 1.807) is 0 Å². The van der Waals surface area contributed by atoms with Crippen LogP contribution in [0.3, 0.4) is 0 Å². The molecule has 13 heavy (non-hydrogen) atoms. The van der Waals surface area contributed by atoms with Crippen LogP contribution in [0, 0.1) is 0 Å². The maximum absolute atomic E-state index is 5.98. The van der Waals surface area contributed by atoms with Crippen LogP contribution >= 0.6 is 27.5 Å². The topological polar surface area (TPSA) is 52.0 Å². The zero-order chi connectivity index (χ0) is 10.0. The minimum Gasteiger partial charge on any atom is -0.326 e. The van der Waals surface area contributed by atoms with Gasteiger partial charge in [0.2, 0.25) is 0 Å². The Bertz CT molecular complexity index is 302. The quantitative estimate of drug-likeness (QED) is 0.861. The molecule has 1 aromatic carbocycles. The molecule has 0 heterocycles. The van der Waals surface area contributed by atoms with Gasteiger partial charge in [-0.2, -0.15) is 0 Å². The largest absolute Gasteiger partial charge is 0.326 e. The first-order valence-corrected chi connectivity index (χ1v) is 5.15. The van der Waals surface area contributed by atoms with Crippen LogP contribution in [0.5, 0.6) is 0 Å². The number of halogens is 2. The van der Waals surface area contributed by atoms with Gasteiger partial charge >= 0.3 is 0 Å². The van der Waals surface area contributed by atoms with Gasteiger partial charge in [-0.25, -0.2) is 0 Å². The van der Waals surface area contributed by atoms with Gasteiger partial charge < -0.3 is 11.5 Å². The van der Waals surface area contributed by atoms with E-state index in [0.29, 0.717) is 5.02 Å². The molecular formula is C9H12BrClN2. The van der Waals surface area contributed by atoms with Gasteiger partial charge in [0.15, 0.2) is 0 Å². The van der Waals surface area contributed by atoms with Gasteiger partial charge in [0.25, 0.3) is 0 Å². The molecule has 0 radical (unpaired) electrons. The minimum atomic E-state index is -0.218. The summed E-state index contributed by atoms with van der Waals surface area (Å²) in [7, 11) is 0. The molecular weight excluding hydrogens is 251 g/mol. The fraction of sp³-hybridized carbons (Fsp3) is 0.333. The normalized spacial score (nSPS) is 15.5. The minimum absolute atomic E-state index is 0.105. The second-order valence-corrected chi connectivity index (χ2v) is 4.37. The third-order valence-corrected chi connectivity index (χ3v) is 2.72. The first kappa shape index (κ1) is 11.0. The molecule has 1 aromatic rings. The van der Waals surface area contributed by atoms with Gasteiger partial charge in [-0.05, 0) is 30.7 Å². The Kier molecular flexibility index (Phi) is 3.74. The molecule has 4 N–H and O–H groups in total. The van der Waals surface area contributed by atoms with Crippen LogP contribution in [-0.4, -0.2) is 6.04 Å². The molecule has 1 rings (SSSR count). The van der Waals surface area contributed by atoms with E-state index in [0.717, 1.165) is 10.0 Å². The van der Waals surface area contributed by atoms with Crippen LogP contribution < -0.4 is 11.5 Å². The highest BCUT2D eigenvalue weighted by Crippen LogP contribution is 2.26. The predicted octanol–water partition coefficient (Wildman–Crippen LogP) is 2.45. The fourth-order valence-corrected chi connectivity index (χ4v) is 1.68. The lowest BCUT2D eigenvalue weighted by atomic mass is 10.0. The Hall–Kier alpha value is -0.0900. The molecule has 2 nitrogen and oxygen atoms in total. The summed E-state index contributed by atoms with van der Waals surface area (Å²) in [5.41, 5.74) is 12.4. The van der Waals surface area contributed by atoms with E-state index >= 15 is 0 Å². The number of rotatable bonds is 2. The Morgan fingerprint density at radius 1 is 1.38 bits per heavy atom. The fourth-order valence-electron chi connectivity index (χ4n) is 1.05. The first-order chi connectivity index (χ1) is 6.02. The number of benzene rings is 1. The maximum Gasteiger partial charge on any atom is 0.0461 e. The Labute approximate surface area is 91.4 Å². The molecule has 2 atom stereocenters. The highest BCUT2D eigenvalue weighted by Gasteiger charge is 2.14. The summed E-state index contributed by atoms with van der Waals surface area (Å²) in [5, 5.41) is 0.660. The molecule has 0 aliphatic carbocycles. The third kappa shape index (κ3) is 2.68. The molecule has 0 saturated carbocycles. The van der Waals surface area contributed by atoms with Gasteiger partial charge in [0.05, 0.1) is 0 Å². The van der Waals surface area contributed by atoms with Gasteiger partial charge in [0.1, 0.15) is 0 Å². The van der Waals surface area contributed by atoms with Gasteiger partial charge in [-0.1, -0.05) is 27.5 Å². The van der Waals surface area contributed by atoms with Crippen molar-refractivity contribution in [2.45, 2.75) is 19.0 Å². The lowest BCUT2D eigenvalue weighted by molar-refractivity contribution is 0.589. The van der Waals surface area contributed by atoms with E-state index in [-0.39, 0.29) is 12.1 Å². The molecule has 0 fully saturated rings. The average molecular weight is 264 g/mol. The summed E-state index contributed by atoms with van der Waals surface area (Å²) in [4.78, 5) is 0. The van der Waals surface area contributed by atoms with Crippen LogP contribution in [-0.2, 0) is 0 Å². The second kappa shape index (κ2) is 4.42. The molecule has 4 heteroatoms. The molecule has 0 aromatic heterocycles. The van der Waals surface area contributed by atoms with Crippen molar-refractivity contribution in [1.29, 1.82) is 0 Å². The molecule has 0 aliphatic heterocycles. The Morgan fingerprint density at radius 2 is 2.00 bits per heavy atom. The standard InChI is InChI=1S/C9H12BrClN2/c1-5(12)9(13)7-4-6(10)2-3-8(7)11/h2-5,9H,12-13H2,1H3. The van der Waals surface area contributed by atoms with Crippen molar-refractivity contribution in [3.63, 3.8) is 0 Å². The summed E-state index contributed by atoms with van der Waals surface area (Å²) in [6.45, 7) is 1.86. The van der Waals surface area contributed by atoms with Crippen molar-refractivity contribution >= 4 is 27.5 Å². The molecule has 0 saturated heterocycles. The first-order valence-electron chi connectivity index (χ1n) is 3.98. The van der Waals surface area contributed by atoms with Crippen LogP contribution in [0.1, 0.15) is 18.5 Å². The van der Waals surface area contributed by atoms with E-state index in [1.165, 1.54) is 0 Å². The van der Waals surface area contributed by atoms with Crippen molar-refractivity contribution in [3.05, 3.63) is 33.3 Å². The van der Waals surface area contributed by atoms with Crippen LogP contribution in [0.15, 0.2) is 22.7 Å². The van der Waals surface area contributed by atoms with E-state index < -0.39 is 0 Å². The van der Waals surface area contributed by atoms with E-state index in [9.17, 15) is 0 Å². The van der Waals surface area contributed by atoms with Crippen molar-refractivity contribution in [2.24, 2.45) is 11.5 Å². The summed E-state index contributed by atoms with van der Waals surface area (Å²) in [6, 6.07) is 5.26. The molecule has 0 bridgehead atoms. The van der Waals surface area contributed by atoms with Crippen molar-refractivity contribution in [3.8, 4) is 0 Å². The molecule has 0 aliphatic rings. The van der Waals surface area contributed by atoms with Gasteiger partial charge in [0, 0.05) is 21.6 Å². The maximum atomic E-state index is 5.98. The van der Waals surface area contributed by atoms with Gasteiger partial charge in [-0.3, -0.25) is 0 Å². The second-order valence-electron chi connectivity index (χ2n) is 3.05. The van der Waals surface area contributed by atoms with Crippen molar-refractivity contribution < 1.29 is 0 Å². The number of hydrogen-bond donors (Lipinski definition) is 2. The molecule has 0 amide bonds. The van der Waals surface area contributed by atoms with E-state index in [4.69, 9.17) is 23.1 Å². The predicted molar refractivity (Wildman–Crippen MR) is 59.7 cm³/mol. The van der Waals surface area contributed by atoms with E-state index in [2.05, 4.69) is 15.9 Å². The van der Waals surface area contributed by atoms with Crippen molar-refractivity contribution in [2.75, 3.05) is 0 Å². The number of nitrogens with two attached hydrogens (primary N) is 2. The zero-order valence-corrected chi connectivity index (χ0v) is 9.64. The van der Waals surface area contributed by atoms with Crippen LogP contribution in [0.2, 0.25) is 5.02 Å². The molecule has 0 spiro atoms. The summed E-state index contributed by atoms with van der Waals surface area (Å²) < 4.78 is 0.961. The summed E-state index contributed by atoms with van der Waals surface area (Å²) in [6.07, 6.45) is 0. The lowest BCUT2D eigenvalue weighted by Gasteiger charge is -2.17. The Morgan fingerprint density at radius 3 is 2.54 bits per heavy atom. The SMILES string of the molecule is CC(N)C(N)c1cc(Br)ccc1Cl. The summed E-state index contributed by atoms with van der Waals surface area (Å²) in [5.74, 6) is 0. The zero-order valence-electron chi connectivity index (χ0n) is 7.30. The van der Waals surface area contributed by atoms with Gasteiger partial charge in [-0.15, -0.1) is 0 Å². The third-order valence-electron chi connectivity index (χ3n) is 1.88. The monoisotopic (exact) mass is 262 g/mol.